The summed E-state index contributed by atoms with van der Waals surface area (Å²) in [5, 5.41) is 0. The van der Waals surface area contributed by atoms with Crippen LogP contribution in [0.25, 0.3) is 0 Å². The van der Waals surface area contributed by atoms with Gasteiger partial charge in [-0.1, -0.05) is 0 Å². The van der Waals surface area contributed by atoms with Crippen LogP contribution in [0.4, 0.5) is 5.82 Å². The summed E-state index contributed by atoms with van der Waals surface area (Å²) >= 11 is 0. The summed E-state index contributed by atoms with van der Waals surface area (Å²) in [6.07, 6.45) is 3.46. The van der Waals surface area contributed by atoms with E-state index in [-0.39, 0.29) is 10.9 Å². The number of nitrogens with zero attached hydrogens (tertiary/aromatic N) is 2. The molecule has 2 bridgehead atoms. The fraction of sp³-hybridized carbons (Fsp3) is 0.583. The third-order valence-electron chi connectivity index (χ3n) is 4.03. The van der Waals surface area contributed by atoms with E-state index in [0.29, 0.717) is 11.7 Å². The molecule has 4 heterocycles. The molecule has 0 aliphatic carbocycles. The van der Waals surface area contributed by atoms with Crippen LogP contribution >= 0.6 is 0 Å². The van der Waals surface area contributed by atoms with Crippen molar-refractivity contribution in [1.29, 1.82) is 0 Å². The van der Waals surface area contributed by atoms with Gasteiger partial charge in [-0.05, 0) is 44.0 Å². The van der Waals surface area contributed by atoms with Crippen LogP contribution in [-0.4, -0.2) is 44.0 Å². The second-order valence-electron chi connectivity index (χ2n) is 5.28. The number of fused-ring (bicyclic) bond motifs is 3. The molecule has 1 atom stereocenters. The second kappa shape index (κ2) is 4.73. The fourth-order valence-corrected chi connectivity index (χ4v) is 4.16. The van der Waals surface area contributed by atoms with E-state index in [9.17, 15) is 8.42 Å². The Hall–Kier alpha value is -1.18. The number of pyridine rings is 1. The van der Waals surface area contributed by atoms with Crippen LogP contribution in [0.5, 0.6) is 0 Å². The molecule has 3 aliphatic heterocycles. The predicted octanol–water partition coefficient (Wildman–Crippen LogP) is 0.0363. The van der Waals surface area contributed by atoms with Crippen LogP contribution in [-0.2, 0) is 10.0 Å². The molecule has 3 fully saturated rings. The van der Waals surface area contributed by atoms with Gasteiger partial charge in [0.15, 0.2) is 0 Å². The van der Waals surface area contributed by atoms with Gasteiger partial charge < -0.3 is 10.6 Å². The van der Waals surface area contributed by atoms with Gasteiger partial charge in [0.25, 0.3) is 0 Å². The normalized spacial score (nSPS) is 30.4. The van der Waals surface area contributed by atoms with Crippen LogP contribution in [0, 0.1) is 5.92 Å². The summed E-state index contributed by atoms with van der Waals surface area (Å²) < 4.78 is 27.4. The van der Waals surface area contributed by atoms with Crippen molar-refractivity contribution in [1.82, 2.24) is 14.6 Å². The number of nitrogens with two attached hydrogens (primary N) is 1. The number of anilines is 1. The smallest absolute Gasteiger partial charge is 0.242 e. The third kappa shape index (κ3) is 2.58. The van der Waals surface area contributed by atoms with Crippen molar-refractivity contribution in [2.24, 2.45) is 5.92 Å². The van der Waals surface area contributed by atoms with Gasteiger partial charge in [0.1, 0.15) is 10.7 Å². The number of hydrogen-bond acceptors (Lipinski definition) is 5. The SMILES string of the molecule is Nc1ccc(S(=O)(=O)NC2CN3CCC2CC3)cn1. The predicted molar refractivity (Wildman–Crippen MR) is 71.9 cm³/mol. The number of nitrogen functional groups attached to an aromatic ring is 1. The van der Waals surface area contributed by atoms with Crippen molar-refractivity contribution in [3.8, 4) is 0 Å². The number of aromatic nitrogens is 1. The summed E-state index contributed by atoms with van der Waals surface area (Å²) in [5.41, 5.74) is 5.47. The topological polar surface area (TPSA) is 88.3 Å². The molecular formula is C12H18N4O2S. The first kappa shape index (κ1) is 12.8. The van der Waals surface area contributed by atoms with Gasteiger partial charge in [0, 0.05) is 18.8 Å². The Morgan fingerprint density at radius 1 is 1.32 bits per heavy atom. The lowest BCUT2D eigenvalue weighted by Gasteiger charge is -2.44. The number of piperidine rings is 3. The molecule has 0 radical (unpaired) electrons. The van der Waals surface area contributed by atoms with E-state index >= 15 is 0 Å². The maximum atomic E-state index is 12.3. The molecule has 1 aromatic heterocycles. The van der Waals surface area contributed by atoms with Crippen LogP contribution < -0.4 is 10.5 Å². The van der Waals surface area contributed by atoms with Gasteiger partial charge in [0.05, 0.1) is 0 Å². The molecule has 3 aliphatic rings. The van der Waals surface area contributed by atoms with Crippen LogP contribution in [0.1, 0.15) is 12.8 Å². The van der Waals surface area contributed by atoms with E-state index in [1.807, 2.05) is 0 Å². The Labute approximate surface area is 113 Å². The molecule has 1 aromatic rings. The molecule has 6 nitrogen and oxygen atoms in total. The molecular weight excluding hydrogens is 264 g/mol. The fourth-order valence-electron chi connectivity index (χ4n) is 2.92. The number of sulfonamides is 1. The summed E-state index contributed by atoms with van der Waals surface area (Å²) in [5.74, 6) is 0.781. The first-order valence-corrected chi connectivity index (χ1v) is 7.99. The Kier molecular flexibility index (Phi) is 3.20. The Morgan fingerprint density at radius 3 is 2.58 bits per heavy atom. The zero-order chi connectivity index (χ0) is 13.5. The monoisotopic (exact) mass is 282 g/mol. The molecule has 4 rings (SSSR count). The highest BCUT2D eigenvalue weighted by Crippen LogP contribution is 2.28. The summed E-state index contributed by atoms with van der Waals surface area (Å²) in [4.78, 5) is 6.33. The quantitative estimate of drug-likeness (QED) is 0.817. The molecule has 0 saturated carbocycles. The number of nitrogens with one attached hydrogen (secondary N) is 1. The molecule has 3 saturated heterocycles. The number of hydrogen-bond donors (Lipinski definition) is 2. The van der Waals surface area contributed by atoms with E-state index in [0.717, 1.165) is 32.5 Å². The lowest BCUT2D eigenvalue weighted by Crippen LogP contribution is -2.57. The average molecular weight is 282 g/mol. The summed E-state index contributed by atoms with van der Waals surface area (Å²) in [7, 11) is -3.49. The Balaban J connectivity index is 1.76. The van der Waals surface area contributed by atoms with Crippen LogP contribution in [0.2, 0.25) is 0 Å². The zero-order valence-corrected chi connectivity index (χ0v) is 11.4. The van der Waals surface area contributed by atoms with E-state index in [1.165, 1.54) is 18.3 Å². The van der Waals surface area contributed by atoms with Crippen molar-refractivity contribution in [3.05, 3.63) is 18.3 Å². The van der Waals surface area contributed by atoms with Crippen LogP contribution in [0.3, 0.4) is 0 Å². The average Bonchev–Trinajstić information content (AvgIpc) is 2.40. The maximum Gasteiger partial charge on any atom is 0.242 e. The highest BCUT2D eigenvalue weighted by molar-refractivity contribution is 7.89. The van der Waals surface area contributed by atoms with Gasteiger partial charge in [0.2, 0.25) is 10.0 Å². The van der Waals surface area contributed by atoms with E-state index in [4.69, 9.17) is 5.73 Å². The van der Waals surface area contributed by atoms with Gasteiger partial charge in [-0.2, -0.15) is 0 Å². The maximum absolute atomic E-state index is 12.3. The summed E-state index contributed by atoms with van der Waals surface area (Å²) in [6.45, 7) is 2.99. The highest BCUT2D eigenvalue weighted by atomic mass is 32.2. The minimum Gasteiger partial charge on any atom is -0.384 e. The van der Waals surface area contributed by atoms with Crippen molar-refractivity contribution in [2.75, 3.05) is 25.4 Å². The lowest BCUT2D eigenvalue weighted by atomic mass is 9.85. The third-order valence-corrected chi connectivity index (χ3v) is 5.51. The van der Waals surface area contributed by atoms with Crippen molar-refractivity contribution >= 4 is 15.8 Å². The van der Waals surface area contributed by atoms with Gasteiger partial charge in [-0.15, -0.1) is 0 Å². The van der Waals surface area contributed by atoms with E-state index in [1.54, 1.807) is 0 Å². The molecule has 1 unspecified atom stereocenters. The molecule has 0 spiro atoms. The van der Waals surface area contributed by atoms with Crippen molar-refractivity contribution < 1.29 is 8.42 Å². The molecule has 19 heavy (non-hydrogen) atoms. The molecule has 104 valence electrons. The lowest BCUT2D eigenvalue weighted by molar-refractivity contribution is 0.0827. The molecule has 0 amide bonds. The molecule has 7 heteroatoms. The summed E-state index contributed by atoms with van der Waals surface area (Å²) in [6, 6.07) is 3.02. The van der Waals surface area contributed by atoms with Gasteiger partial charge in [-0.25, -0.2) is 18.1 Å². The van der Waals surface area contributed by atoms with Crippen LogP contribution in [0.15, 0.2) is 23.2 Å². The van der Waals surface area contributed by atoms with Gasteiger partial charge >= 0.3 is 0 Å². The van der Waals surface area contributed by atoms with Gasteiger partial charge in [-0.3, -0.25) is 0 Å². The van der Waals surface area contributed by atoms with E-state index in [2.05, 4.69) is 14.6 Å². The molecule has 0 aromatic carbocycles. The zero-order valence-electron chi connectivity index (χ0n) is 10.6. The first-order chi connectivity index (χ1) is 9.04. The minimum atomic E-state index is -3.49. The Bertz CT molecular complexity index is 550. The van der Waals surface area contributed by atoms with Crippen molar-refractivity contribution in [2.45, 2.75) is 23.8 Å². The second-order valence-corrected chi connectivity index (χ2v) is 7.00. The number of rotatable bonds is 3. The highest BCUT2D eigenvalue weighted by Gasteiger charge is 2.36. The molecule has 3 N–H and O–H groups in total. The van der Waals surface area contributed by atoms with Crippen molar-refractivity contribution in [3.63, 3.8) is 0 Å². The standard InChI is InChI=1S/C12H18N4O2S/c13-12-2-1-10(7-14-12)19(17,18)15-11-8-16-5-3-9(11)4-6-16/h1-2,7,9,11,15H,3-6,8H2,(H2,13,14). The first-order valence-electron chi connectivity index (χ1n) is 6.51. The minimum absolute atomic E-state index is 0.0186. The Morgan fingerprint density at radius 2 is 2.05 bits per heavy atom. The largest absolute Gasteiger partial charge is 0.384 e. The van der Waals surface area contributed by atoms with E-state index < -0.39 is 10.0 Å².